The van der Waals surface area contributed by atoms with Crippen LogP contribution in [0.3, 0.4) is 0 Å². The minimum atomic E-state index is -0.207. The van der Waals surface area contributed by atoms with Crippen LogP contribution in [-0.4, -0.2) is 10.8 Å². The highest BCUT2D eigenvalue weighted by molar-refractivity contribution is 6.33. The van der Waals surface area contributed by atoms with Gasteiger partial charge >= 0.3 is 0 Å². The predicted molar refractivity (Wildman–Crippen MR) is 99.6 cm³/mol. The molecule has 25 heavy (non-hydrogen) atoms. The number of furan rings is 1. The number of hydrogen-bond donors (Lipinski definition) is 1. The van der Waals surface area contributed by atoms with Gasteiger partial charge in [-0.1, -0.05) is 35.3 Å². The van der Waals surface area contributed by atoms with Crippen molar-refractivity contribution in [2.45, 2.75) is 13.1 Å². The molecule has 0 saturated carbocycles. The van der Waals surface area contributed by atoms with E-state index in [1.807, 2.05) is 6.07 Å². The lowest BCUT2D eigenvalue weighted by Crippen LogP contribution is -2.30. The molecule has 0 aliphatic heterocycles. The summed E-state index contributed by atoms with van der Waals surface area (Å²) in [5.74, 6) is 0.461. The van der Waals surface area contributed by atoms with E-state index in [2.05, 4.69) is 0 Å². The van der Waals surface area contributed by atoms with E-state index < -0.39 is 0 Å². The average molecular weight is 375 g/mol. The number of nitrogens with two attached hydrogens (primary N) is 1. The van der Waals surface area contributed by atoms with Crippen LogP contribution in [-0.2, 0) is 13.1 Å². The number of halogens is 2. The van der Waals surface area contributed by atoms with E-state index >= 15 is 0 Å². The van der Waals surface area contributed by atoms with Crippen LogP contribution < -0.4 is 5.73 Å². The Morgan fingerprint density at radius 2 is 1.84 bits per heavy atom. The van der Waals surface area contributed by atoms with E-state index in [4.69, 9.17) is 33.4 Å². The number of nitrogens with zero attached hydrogens (tertiary/aromatic N) is 1. The van der Waals surface area contributed by atoms with Crippen LogP contribution in [0.2, 0.25) is 10.0 Å². The lowest BCUT2D eigenvalue weighted by molar-refractivity contribution is 0.0718. The van der Waals surface area contributed by atoms with Gasteiger partial charge in [0, 0.05) is 17.3 Å². The van der Waals surface area contributed by atoms with Crippen LogP contribution in [0.15, 0.2) is 65.3 Å². The summed E-state index contributed by atoms with van der Waals surface area (Å²) in [7, 11) is 0. The molecule has 3 rings (SSSR count). The summed E-state index contributed by atoms with van der Waals surface area (Å²) in [6.07, 6.45) is 1.57. The lowest BCUT2D eigenvalue weighted by atomic mass is 10.1. The zero-order valence-electron chi connectivity index (χ0n) is 13.3. The molecule has 4 nitrogen and oxygen atoms in total. The predicted octanol–water partition coefficient (Wildman–Crippen LogP) is 5.01. The molecule has 0 radical (unpaired) electrons. The number of carbonyl (C=O) groups is 1. The van der Waals surface area contributed by atoms with Crippen LogP contribution in [0.4, 0.5) is 5.69 Å². The average Bonchev–Trinajstić information content (AvgIpc) is 3.10. The van der Waals surface area contributed by atoms with E-state index in [1.54, 1.807) is 59.7 Å². The lowest BCUT2D eigenvalue weighted by Gasteiger charge is -2.23. The number of nitrogen functional groups attached to an aromatic ring is 1. The monoisotopic (exact) mass is 374 g/mol. The number of hydrogen-bond acceptors (Lipinski definition) is 3. The maximum absolute atomic E-state index is 13.0. The number of carbonyl (C=O) groups excluding carboxylic acids is 1. The van der Waals surface area contributed by atoms with Gasteiger partial charge in [-0.3, -0.25) is 4.79 Å². The minimum Gasteiger partial charge on any atom is -0.467 e. The van der Waals surface area contributed by atoms with Gasteiger partial charge in [0.05, 0.1) is 23.4 Å². The molecule has 1 heterocycles. The summed E-state index contributed by atoms with van der Waals surface area (Å²) in [5.41, 5.74) is 7.79. The van der Waals surface area contributed by atoms with Gasteiger partial charge in [-0.05, 0) is 48.0 Å². The summed E-state index contributed by atoms with van der Waals surface area (Å²) in [6.45, 7) is 0.583. The molecular formula is C19H16Cl2N2O2. The number of rotatable bonds is 5. The molecule has 0 saturated heterocycles. The maximum Gasteiger partial charge on any atom is 0.256 e. The van der Waals surface area contributed by atoms with Crippen LogP contribution >= 0.6 is 23.2 Å². The molecule has 0 spiro atoms. The Balaban J connectivity index is 1.93. The Morgan fingerprint density at radius 3 is 2.56 bits per heavy atom. The second-order valence-electron chi connectivity index (χ2n) is 5.56. The molecular weight excluding hydrogens is 359 g/mol. The molecule has 3 aromatic rings. The first-order chi connectivity index (χ1) is 12.0. The Kier molecular flexibility index (Phi) is 5.31. The molecule has 2 N–H and O–H groups in total. The summed E-state index contributed by atoms with van der Waals surface area (Å²) in [6, 6.07) is 15.7. The van der Waals surface area contributed by atoms with E-state index in [0.717, 1.165) is 5.56 Å². The molecule has 0 aliphatic carbocycles. The van der Waals surface area contributed by atoms with Gasteiger partial charge < -0.3 is 15.1 Å². The number of amides is 1. The van der Waals surface area contributed by atoms with E-state index in [1.165, 1.54) is 0 Å². The molecule has 0 bridgehead atoms. The topological polar surface area (TPSA) is 59.5 Å². The normalized spacial score (nSPS) is 10.6. The maximum atomic E-state index is 13.0. The van der Waals surface area contributed by atoms with Crippen LogP contribution in [0.25, 0.3) is 0 Å². The first-order valence-electron chi connectivity index (χ1n) is 7.64. The fourth-order valence-corrected chi connectivity index (χ4v) is 2.92. The Hall–Kier alpha value is -2.43. The highest BCUT2D eigenvalue weighted by Gasteiger charge is 2.20. The SMILES string of the molecule is Nc1ccc(Cl)cc1CN(Cc1ccco1)C(=O)c1ccccc1Cl. The summed E-state index contributed by atoms with van der Waals surface area (Å²) < 4.78 is 5.39. The van der Waals surface area contributed by atoms with Crippen molar-refractivity contribution in [3.63, 3.8) is 0 Å². The summed E-state index contributed by atoms with van der Waals surface area (Å²) >= 11 is 12.3. The van der Waals surface area contributed by atoms with Gasteiger partial charge in [0.15, 0.2) is 0 Å². The van der Waals surface area contributed by atoms with Crippen molar-refractivity contribution in [3.8, 4) is 0 Å². The third-order valence-corrected chi connectivity index (χ3v) is 4.35. The Morgan fingerprint density at radius 1 is 1.04 bits per heavy atom. The van der Waals surface area contributed by atoms with Crippen LogP contribution in [0, 0.1) is 0 Å². The van der Waals surface area contributed by atoms with Crippen molar-refractivity contribution >= 4 is 34.8 Å². The fraction of sp³-hybridized carbons (Fsp3) is 0.105. The number of anilines is 1. The van der Waals surface area contributed by atoms with Gasteiger partial charge in [-0.15, -0.1) is 0 Å². The molecule has 0 aliphatic rings. The van der Waals surface area contributed by atoms with E-state index in [0.29, 0.717) is 33.6 Å². The minimum absolute atomic E-state index is 0.207. The van der Waals surface area contributed by atoms with Gasteiger partial charge in [0.1, 0.15) is 5.76 Å². The second kappa shape index (κ2) is 7.64. The van der Waals surface area contributed by atoms with Crippen molar-refractivity contribution in [1.82, 2.24) is 4.90 Å². The summed E-state index contributed by atoms with van der Waals surface area (Å²) in [4.78, 5) is 14.6. The van der Waals surface area contributed by atoms with E-state index in [-0.39, 0.29) is 12.5 Å². The third kappa shape index (κ3) is 4.16. The van der Waals surface area contributed by atoms with Crippen molar-refractivity contribution in [1.29, 1.82) is 0 Å². The first kappa shape index (κ1) is 17.4. The fourth-order valence-electron chi connectivity index (χ4n) is 2.51. The van der Waals surface area contributed by atoms with Gasteiger partial charge in [0.25, 0.3) is 5.91 Å². The zero-order valence-corrected chi connectivity index (χ0v) is 14.8. The molecule has 1 amide bonds. The smallest absolute Gasteiger partial charge is 0.256 e. The second-order valence-corrected chi connectivity index (χ2v) is 6.41. The molecule has 6 heteroatoms. The molecule has 1 aromatic heterocycles. The highest BCUT2D eigenvalue weighted by atomic mass is 35.5. The van der Waals surface area contributed by atoms with E-state index in [9.17, 15) is 4.79 Å². The standard InChI is InChI=1S/C19H16Cl2N2O2/c20-14-7-8-18(22)13(10-14)11-23(12-15-4-3-9-25-15)19(24)16-5-1-2-6-17(16)21/h1-10H,11-12,22H2. The van der Waals surface area contributed by atoms with Crippen molar-refractivity contribution in [2.24, 2.45) is 0 Å². The number of benzene rings is 2. The van der Waals surface area contributed by atoms with Gasteiger partial charge in [-0.2, -0.15) is 0 Å². The van der Waals surface area contributed by atoms with Gasteiger partial charge in [-0.25, -0.2) is 0 Å². The molecule has 0 fully saturated rings. The molecule has 2 aromatic carbocycles. The van der Waals surface area contributed by atoms with Crippen LogP contribution in [0.1, 0.15) is 21.7 Å². The molecule has 128 valence electrons. The highest BCUT2D eigenvalue weighted by Crippen LogP contribution is 2.24. The Labute approximate surface area is 155 Å². The van der Waals surface area contributed by atoms with Crippen molar-refractivity contribution < 1.29 is 9.21 Å². The molecule has 0 unspecified atom stereocenters. The third-order valence-electron chi connectivity index (χ3n) is 3.78. The van der Waals surface area contributed by atoms with Crippen LogP contribution in [0.5, 0.6) is 0 Å². The summed E-state index contributed by atoms with van der Waals surface area (Å²) in [5, 5.41) is 0.961. The first-order valence-corrected chi connectivity index (χ1v) is 8.40. The van der Waals surface area contributed by atoms with Crippen molar-refractivity contribution in [2.75, 3.05) is 5.73 Å². The molecule has 0 atom stereocenters. The van der Waals surface area contributed by atoms with Crippen molar-refractivity contribution in [3.05, 3.63) is 87.8 Å². The quantitative estimate of drug-likeness (QED) is 0.638. The Bertz CT molecular complexity index is 879. The van der Waals surface area contributed by atoms with Gasteiger partial charge in [0.2, 0.25) is 0 Å². The largest absolute Gasteiger partial charge is 0.467 e. The zero-order chi connectivity index (χ0) is 17.8.